The van der Waals surface area contributed by atoms with E-state index in [1.807, 2.05) is 29.9 Å². The maximum atomic E-state index is 5.78. The second kappa shape index (κ2) is 6.02. The molecule has 3 aromatic rings. The first-order valence-corrected chi connectivity index (χ1v) is 7.40. The number of hydrogen-bond donors (Lipinski definition) is 1. The lowest BCUT2D eigenvalue weighted by molar-refractivity contribution is 0.667. The van der Waals surface area contributed by atoms with E-state index in [0.717, 1.165) is 29.9 Å². The third-order valence-corrected chi connectivity index (χ3v) is 3.82. The van der Waals surface area contributed by atoms with Crippen molar-refractivity contribution in [2.45, 2.75) is 26.8 Å². The molecule has 4 nitrogen and oxygen atoms in total. The predicted octanol–water partition coefficient (Wildman–Crippen LogP) is 3.12. The van der Waals surface area contributed by atoms with Crippen LogP contribution in [0.25, 0.3) is 0 Å². The second-order valence-electron chi connectivity index (χ2n) is 5.60. The first kappa shape index (κ1) is 14.3. The minimum absolute atomic E-state index is 0.573. The molecule has 0 aliphatic heterocycles. The van der Waals surface area contributed by atoms with Gasteiger partial charge in [-0.1, -0.05) is 30.3 Å². The van der Waals surface area contributed by atoms with E-state index in [1.165, 1.54) is 11.1 Å². The molecule has 0 saturated heterocycles. The van der Waals surface area contributed by atoms with Crippen LogP contribution in [-0.2, 0) is 13.0 Å². The Hall–Kier alpha value is -2.62. The number of nitrogens with two attached hydrogens (primary N) is 1. The Morgan fingerprint density at radius 1 is 1.09 bits per heavy atom. The summed E-state index contributed by atoms with van der Waals surface area (Å²) in [5.41, 5.74) is 11.4. The van der Waals surface area contributed by atoms with E-state index in [4.69, 9.17) is 5.73 Å². The minimum atomic E-state index is 0.573. The van der Waals surface area contributed by atoms with Crippen LogP contribution in [0.4, 0.5) is 5.82 Å². The topological polar surface area (TPSA) is 56.7 Å². The smallest absolute Gasteiger partial charge is 0.123 e. The van der Waals surface area contributed by atoms with Gasteiger partial charge in [0.1, 0.15) is 5.82 Å². The molecule has 0 fully saturated rings. The molecule has 2 aromatic heterocycles. The fraction of sp³-hybridized carbons (Fsp3) is 0.222. The van der Waals surface area contributed by atoms with Gasteiger partial charge in [0.2, 0.25) is 0 Å². The van der Waals surface area contributed by atoms with Crippen LogP contribution in [0.1, 0.15) is 28.1 Å². The van der Waals surface area contributed by atoms with E-state index in [2.05, 4.69) is 47.3 Å². The Labute approximate surface area is 130 Å². The highest BCUT2D eigenvalue weighted by Gasteiger charge is 2.08. The summed E-state index contributed by atoms with van der Waals surface area (Å²) in [4.78, 5) is 4.34. The number of benzene rings is 1. The molecule has 2 heterocycles. The van der Waals surface area contributed by atoms with E-state index in [0.29, 0.717) is 5.82 Å². The van der Waals surface area contributed by atoms with Gasteiger partial charge in [-0.2, -0.15) is 5.10 Å². The summed E-state index contributed by atoms with van der Waals surface area (Å²) in [6, 6.07) is 14.4. The van der Waals surface area contributed by atoms with Crippen molar-refractivity contribution < 1.29 is 0 Å². The molecule has 2 N–H and O–H groups in total. The molecule has 0 aliphatic rings. The molecule has 0 bridgehead atoms. The standard InChI is InChI=1S/C18H20N4/c1-13-10-18(19)20-14(2)17(13)12-22-9-8-16(21-22)11-15-6-4-3-5-7-15/h3-10H,11-12H2,1-2H3,(H2,19,20). The number of hydrogen-bond acceptors (Lipinski definition) is 3. The largest absolute Gasteiger partial charge is 0.384 e. The van der Waals surface area contributed by atoms with Crippen LogP contribution in [-0.4, -0.2) is 14.8 Å². The first-order chi connectivity index (χ1) is 10.6. The molecule has 0 radical (unpaired) electrons. The Kier molecular flexibility index (Phi) is 3.92. The maximum Gasteiger partial charge on any atom is 0.123 e. The van der Waals surface area contributed by atoms with E-state index in [1.54, 1.807) is 0 Å². The van der Waals surface area contributed by atoms with E-state index < -0.39 is 0 Å². The first-order valence-electron chi connectivity index (χ1n) is 7.40. The lowest BCUT2D eigenvalue weighted by Gasteiger charge is -2.10. The van der Waals surface area contributed by atoms with Gasteiger partial charge in [-0.3, -0.25) is 4.68 Å². The quantitative estimate of drug-likeness (QED) is 0.804. The molecule has 3 rings (SSSR count). The van der Waals surface area contributed by atoms with E-state index in [9.17, 15) is 0 Å². The van der Waals surface area contributed by atoms with Crippen LogP contribution in [0.5, 0.6) is 0 Å². The lowest BCUT2D eigenvalue weighted by Crippen LogP contribution is -2.07. The molecule has 1 aromatic carbocycles. The number of anilines is 1. The summed E-state index contributed by atoms with van der Waals surface area (Å²) >= 11 is 0. The molecule has 0 aliphatic carbocycles. The monoisotopic (exact) mass is 292 g/mol. The Morgan fingerprint density at radius 2 is 1.86 bits per heavy atom. The van der Waals surface area contributed by atoms with Crippen molar-refractivity contribution in [2.75, 3.05) is 5.73 Å². The van der Waals surface area contributed by atoms with Crippen LogP contribution in [0.3, 0.4) is 0 Å². The molecule has 112 valence electrons. The molecule has 0 saturated carbocycles. The fourth-order valence-electron chi connectivity index (χ4n) is 2.68. The van der Waals surface area contributed by atoms with Crippen LogP contribution >= 0.6 is 0 Å². The molecule has 22 heavy (non-hydrogen) atoms. The van der Waals surface area contributed by atoms with Crippen LogP contribution in [0.15, 0.2) is 48.7 Å². The lowest BCUT2D eigenvalue weighted by atomic mass is 10.1. The van der Waals surface area contributed by atoms with Crippen LogP contribution < -0.4 is 5.73 Å². The zero-order chi connectivity index (χ0) is 15.5. The number of nitrogen functional groups attached to an aromatic ring is 1. The number of aromatic nitrogens is 3. The van der Waals surface area contributed by atoms with Gasteiger partial charge in [-0.25, -0.2) is 4.98 Å². The van der Waals surface area contributed by atoms with E-state index in [-0.39, 0.29) is 0 Å². The molecular formula is C18H20N4. The van der Waals surface area contributed by atoms with Gasteiger partial charge in [0.25, 0.3) is 0 Å². The van der Waals surface area contributed by atoms with Crippen molar-refractivity contribution in [2.24, 2.45) is 0 Å². The molecular weight excluding hydrogens is 272 g/mol. The SMILES string of the molecule is Cc1cc(N)nc(C)c1Cn1ccc(Cc2ccccc2)n1. The van der Waals surface area contributed by atoms with Crippen molar-refractivity contribution >= 4 is 5.82 Å². The average Bonchev–Trinajstić information content (AvgIpc) is 2.91. The van der Waals surface area contributed by atoms with Crippen LogP contribution in [0, 0.1) is 13.8 Å². The van der Waals surface area contributed by atoms with Gasteiger partial charge in [-0.15, -0.1) is 0 Å². The summed E-state index contributed by atoms with van der Waals surface area (Å²) in [5.74, 6) is 0.573. The minimum Gasteiger partial charge on any atom is -0.384 e. The zero-order valence-electron chi connectivity index (χ0n) is 13.0. The highest BCUT2D eigenvalue weighted by Crippen LogP contribution is 2.16. The van der Waals surface area contributed by atoms with Crippen molar-refractivity contribution in [3.8, 4) is 0 Å². The molecule has 0 spiro atoms. The highest BCUT2D eigenvalue weighted by molar-refractivity contribution is 5.40. The highest BCUT2D eigenvalue weighted by atomic mass is 15.3. The summed E-state index contributed by atoms with van der Waals surface area (Å²) in [7, 11) is 0. The van der Waals surface area contributed by atoms with Gasteiger partial charge in [0.05, 0.1) is 12.2 Å². The number of pyridine rings is 1. The van der Waals surface area contributed by atoms with Gasteiger partial charge in [-0.05, 0) is 42.7 Å². The third-order valence-electron chi connectivity index (χ3n) is 3.82. The molecule has 0 unspecified atom stereocenters. The van der Waals surface area contributed by atoms with E-state index >= 15 is 0 Å². The number of rotatable bonds is 4. The Morgan fingerprint density at radius 3 is 2.59 bits per heavy atom. The van der Waals surface area contributed by atoms with Crippen molar-refractivity contribution in [1.82, 2.24) is 14.8 Å². The number of aryl methyl sites for hydroxylation is 2. The normalized spacial score (nSPS) is 10.8. The summed E-state index contributed by atoms with van der Waals surface area (Å²) < 4.78 is 1.96. The van der Waals surface area contributed by atoms with Crippen LogP contribution in [0.2, 0.25) is 0 Å². The van der Waals surface area contributed by atoms with Gasteiger partial charge in [0.15, 0.2) is 0 Å². The summed E-state index contributed by atoms with van der Waals surface area (Å²) in [6.07, 6.45) is 2.87. The maximum absolute atomic E-state index is 5.78. The second-order valence-corrected chi connectivity index (χ2v) is 5.60. The predicted molar refractivity (Wildman–Crippen MR) is 88.7 cm³/mol. The number of nitrogens with zero attached hydrogens (tertiary/aromatic N) is 3. The van der Waals surface area contributed by atoms with Gasteiger partial charge in [0, 0.05) is 18.3 Å². The fourth-order valence-corrected chi connectivity index (χ4v) is 2.68. The van der Waals surface area contributed by atoms with Crippen molar-refractivity contribution in [3.05, 3.63) is 76.7 Å². The van der Waals surface area contributed by atoms with Crippen molar-refractivity contribution in [1.29, 1.82) is 0 Å². The Bertz CT molecular complexity index is 752. The van der Waals surface area contributed by atoms with Crippen molar-refractivity contribution in [3.63, 3.8) is 0 Å². The van der Waals surface area contributed by atoms with Gasteiger partial charge < -0.3 is 5.73 Å². The molecule has 0 amide bonds. The summed E-state index contributed by atoms with van der Waals surface area (Å²) in [6.45, 7) is 4.78. The summed E-state index contributed by atoms with van der Waals surface area (Å²) in [5, 5.41) is 4.66. The van der Waals surface area contributed by atoms with Gasteiger partial charge >= 0.3 is 0 Å². The molecule has 0 atom stereocenters. The average molecular weight is 292 g/mol. The Balaban J connectivity index is 1.78. The zero-order valence-corrected chi connectivity index (χ0v) is 13.0. The molecule has 4 heteroatoms. The third kappa shape index (κ3) is 3.17.